The van der Waals surface area contributed by atoms with Crippen molar-refractivity contribution in [2.75, 3.05) is 13.3 Å². The second-order valence-corrected chi connectivity index (χ2v) is 2.48. The number of hydrogen-bond donors (Lipinski definition) is 1. The molecule has 4 heteroatoms. The predicted octanol–water partition coefficient (Wildman–Crippen LogP) is 0.517. The highest BCUT2D eigenvalue weighted by Crippen LogP contribution is 2.13. The zero-order valence-electron chi connectivity index (χ0n) is 5.88. The fraction of sp³-hybridized carbons (Fsp3) is 0.500. The van der Waals surface area contributed by atoms with Crippen molar-refractivity contribution in [3.8, 4) is 12.1 Å². The van der Waals surface area contributed by atoms with E-state index in [4.69, 9.17) is 10.5 Å². The van der Waals surface area contributed by atoms with Crippen molar-refractivity contribution >= 4 is 11.8 Å². The molecule has 0 rings (SSSR count). The zero-order chi connectivity index (χ0) is 7.98. The first kappa shape index (κ1) is 9.29. The maximum Gasteiger partial charge on any atom is 0.202 e. The molecule has 0 aromatic carbocycles. The SMILES string of the molecule is CNC(SC)[C](C#N)C#N. The summed E-state index contributed by atoms with van der Waals surface area (Å²) in [4.78, 5) is 0. The van der Waals surface area contributed by atoms with Gasteiger partial charge in [-0.1, -0.05) is 0 Å². The monoisotopic (exact) mass is 154 g/mol. The van der Waals surface area contributed by atoms with E-state index >= 15 is 0 Å². The van der Waals surface area contributed by atoms with E-state index in [1.165, 1.54) is 11.8 Å². The van der Waals surface area contributed by atoms with Crippen LogP contribution in [0.2, 0.25) is 0 Å². The van der Waals surface area contributed by atoms with Gasteiger partial charge >= 0.3 is 0 Å². The minimum Gasteiger partial charge on any atom is -0.306 e. The molecule has 0 aliphatic rings. The molecular formula is C6H8N3S. The van der Waals surface area contributed by atoms with Crippen molar-refractivity contribution in [2.24, 2.45) is 0 Å². The molecule has 0 saturated carbocycles. The molecule has 1 unspecified atom stereocenters. The normalized spacial score (nSPS) is 12.1. The van der Waals surface area contributed by atoms with Crippen LogP contribution in [0.25, 0.3) is 0 Å². The van der Waals surface area contributed by atoms with E-state index in [1.54, 1.807) is 7.05 Å². The molecule has 0 aromatic rings. The van der Waals surface area contributed by atoms with Crippen molar-refractivity contribution in [1.29, 1.82) is 10.5 Å². The topological polar surface area (TPSA) is 59.6 Å². The number of thioether (sulfide) groups is 1. The van der Waals surface area contributed by atoms with Crippen LogP contribution < -0.4 is 5.32 Å². The van der Waals surface area contributed by atoms with Gasteiger partial charge in [0.15, 0.2) is 0 Å². The molecule has 53 valence electrons. The Morgan fingerprint density at radius 2 is 2.00 bits per heavy atom. The van der Waals surface area contributed by atoms with Gasteiger partial charge in [-0.05, 0) is 13.3 Å². The van der Waals surface area contributed by atoms with E-state index in [0.29, 0.717) is 0 Å². The largest absolute Gasteiger partial charge is 0.306 e. The lowest BCUT2D eigenvalue weighted by molar-refractivity contribution is 0.809. The third-order valence-electron chi connectivity index (χ3n) is 1.00. The highest BCUT2D eigenvalue weighted by Gasteiger charge is 2.18. The lowest BCUT2D eigenvalue weighted by Crippen LogP contribution is -2.26. The zero-order valence-corrected chi connectivity index (χ0v) is 6.70. The minimum absolute atomic E-state index is 0.157. The summed E-state index contributed by atoms with van der Waals surface area (Å²) in [6, 6.07) is 3.65. The standard InChI is InChI=1S/C6H8N3S/c1-9-6(10-2)5(3-7)4-8/h6,9H,1-2H3. The first-order valence-electron chi connectivity index (χ1n) is 2.67. The summed E-state index contributed by atoms with van der Waals surface area (Å²) in [5.41, 5.74) is 0. The number of nitrogens with one attached hydrogen (secondary N) is 1. The quantitative estimate of drug-likeness (QED) is 0.602. The van der Waals surface area contributed by atoms with Crippen LogP contribution in [0.1, 0.15) is 0 Å². The lowest BCUT2D eigenvalue weighted by Gasteiger charge is -2.10. The second kappa shape index (κ2) is 5.10. The number of nitrogens with zero attached hydrogens (tertiary/aromatic N) is 2. The minimum atomic E-state index is -0.157. The maximum absolute atomic E-state index is 8.40. The van der Waals surface area contributed by atoms with Gasteiger partial charge in [-0.25, -0.2) is 0 Å². The summed E-state index contributed by atoms with van der Waals surface area (Å²) in [5.74, 6) is 0.218. The smallest absolute Gasteiger partial charge is 0.202 e. The third kappa shape index (κ3) is 2.26. The summed E-state index contributed by atoms with van der Waals surface area (Å²) in [6.45, 7) is 0. The third-order valence-corrected chi connectivity index (χ3v) is 1.94. The van der Waals surface area contributed by atoms with Gasteiger partial charge in [-0.15, -0.1) is 11.8 Å². The summed E-state index contributed by atoms with van der Waals surface area (Å²) in [7, 11) is 1.72. The number of rotatable bonds is 3. The van der Waals surface area contributed by atoms with Crippen LogP contribution in [0.4, 0.5) is 0 Å². The molecule has 0 aliphatic carbocycles. The Morgan fingerprint density at radius 1 is 1.50 bits per heavy atom. The number of nitriles is 2. The molecule has 0 saturated heterocycles. The molecular weight excluding hydrogens is 146 g/mol. The van der Waals surface area contributed by atoms with Gasteiger partial charge in [-0.3, -0.25) is 0 Å². The Balaban J connectivity index is 4.02. The van der Waals surface area contributed by atoms with Crippen LogP contribution in [0.3, 0.4) is 0 Å². The summed E-state index contributed by atoms with van der Waals surface area (Å²) >= 11 is 1.43. The van der Waals surface area contributed by atoms with Gasteiger partial charge in [0, 0.05) is 0 Å². The van der Waals surface area contributed by atoms with E-state index in [1.807, 2.05) is 18.4 Å². The van der Waals surface area contributed by atoms with Crippen molar-refractivity contribution in [3.63, 3.8) is 0 Å². The maximum atomic E-state index is 8.40. The molecule has 0 aromatic heterocycles. The van der Waals surface area contributed by atoms with Crippen molar-refractivity contribution in [2.45, 2.75) is 5.37 Å². The van der Waals surface area contributed by atoms with Crippen molar-refractivity contribution in [1.82, 2.24) is 5.32 Å². The molecule has 10 heavy (non-hydrogen) atoms. The van der Waals surface area contributed by atoms with Crippen molar-refractivity contribution < 1.29 is 0 Å². The van der Waals surface area contributed by atoms with Crippen molar-refractivity contribution in [3.05, 3.63) is 5.92 Å². The summed E-state index contributed by atoms with van der Waals surface area (Å²) in [5, 5.41) is 19.5. The highest BCUT2D eigenvalue weighted by molar-refractivity contribution is 7.99. The Kier molecular flexibility index (Phi) is 4.74. The molecule has 0 amide bonds. The average molecular weight is 154 g/mol. The molecule has 0 aliphatic heterocycles. The second-order valence-electron chi connectivity index (χ2n) is 1.54. The van der Waals surface area contributed by atoms with E-state index in [-0.39, 0.29) is 11.3 Å². The first-order valence-corrected chi connectivity index (χ1v) is 3.96. The van der Waals surface area contributed by atoms with Gasteiger partial charge in [0.25, 0.3) is 0 Å². The fourth-order valence-corrected chi connectivity index (χ4v) is 1.10. The van der Waals surface area contributed by atoms with Gasteiger partial charge in [-0.2, -0.15) is 10.5 Å². The van der Waals surface area contributed by atoms with E-state index < -0.39 is 0 Å². The highest BCUT2D eigenvalue weighted by atomic mass is 32.2. The predicted molar refractivity (Wildman–Crippen MR) is 40.8 cm³/mol. The van der Waals surface area contributed by atoms with Crippen LogP contribution in [-0.2, 0) is 0 Å². The summed E-state index contributed by atoms with van der Waals surface area (Å²) in [6.07, 6.45) is 1.84. The molecule has 1 atom stereocenters. The number of hydrogen-bond acceptors (Lipinski definition) is 4. The Morgan fingerprint density at radius 3 is 2.10 bits per heavy atom. The van der Waals surface area contributed by atoms with E-state index in [0.717, 1.165) is 0 Å². The van der Waals surface area contributed by atoms with E-state index in [9.17, 15) is 0 Å². The molecule has 3 nitrogen and oxygen atoms in total. The first-order chi connectivity index (χ1) is 4.79. The van der Waals surface area contributed by atoms with Gasteiger partial charge in [0.1, 0.15) is 0 Å². The van der Waals surface area contributed by atoms with Gasteiger partial charge in [0.05, 0.1) is 17.5 Å². The molecule has 0 heterocycles. The fourth-order valence-electron chi connectivity index (χ4n) is 0.522. The van der Waals surface area contributed by atoms with Crippen LogP contribution in [0.5, 0.6) is 0 Å². The Labute approximate surface area is 65.0 Å². The molecule has 0 bridgehead atoms. The molecule has 1 radical (unpaired) electrons. The molecule has 1 N–H and O–H groups in total. The van der Waals surface area contributed by atoms with Gasteiger partial charge < -0.3 is 5.32 Å². The van der Waals surface area contributed by atoms with Crippen LogP contribution in [-0.4, -0.2) is 18.7 Å². The molecule has 0 spiro atoms. The molecule has 0 fully saturated rings. The van der Waals surface area contributed by atoms with E-state index in [2.05, 4.69) is 5.32 Å². The van der Waals surface area contributed by atoms with Crippen LogP contribution >= 0.6 is 11.8 Å². The Hall–Kier alpha value is -0.710. The van der Waals surface area contributed by atoms with Gasteiger partial charge in [0.2, 0.25) is 5.92 Å². The summed E-state index contributed by atoms with van der Waals surface area (Å²) < 4.78 is 0. The average Bonchev–Trinajstić information content (AvgIpc) is 2.00. The lowest BCUT2D eigenvalue weighted by atomic mass is 10.2. The Bertz CT molecular complexity index is 149. The van der Waals surface area contributed by atoms with Crippen LogP contribution in [0, 0.1) is 28.6 Å². The van der Waals surface area contributed by atoms with Crippen LogP contribution in [0.15, 0.2) is 0 Å².